The standard InChI is InChI=1S/C26H22F5NO4/c27-20-13-19(14-21(28)23(20)26(29,30)31)11-12-22(24(33)35-15-17-7-3-1-4-8-17)32-25(34)36-16-18-9-5-2-6-10-18/h1-10,13-14,22H,11-12,15-16H2,(H,32,34). The van der Waals surface area contributed by atoms with Crippen LogP contribution in [-0.4, -0.2) is 18.1 Å². The number of halogens is 5. The summed E-state index contributed by atoms with van der Waals surface area (Å²) >= 11 is 0. The van der Waals surface area contributed by atoms with Gasteiger partial charge in [0.1, 0.15) is 36.5 Å². The molecule has 0 aliphatic heterocycles. The fourth-order valence-corrected chi connectivity index (χ4v) is 3.34. The van der Waals surface area contributed by atoms with Crippen molar-refractivity contribution in [2.45, 2.75) is 38.3 Å². The summed E-state index contributed by atoms with van der Waals surface area (Å²) in [6, 6.07) is 17.3. The Labute approximate surface area is 203 Å². The third kappa shape index (κ3) is 7.79. The van der Waals surface area contributed by atoms with Crippen LogP contribution in [0.1, 0.15) is 28.7 Å². The van der Waals surface area contributed by atoms with Crippen LogP contribution in [0.3, 0.4) is 0 Å². The molecule has 0 bridgehead atoms. The molecule has 5 nitrogen and oxygen atoms in total. The zero-order valence-electron chi connectivity index (χ0n) is 18.9. The number of carbonyl (C=O) groups excluding carboxylic acids is 2. The summed E-state index contributed by atoms with van der Waals surface area (Å²) in [7, 11) is 0. The molecule has 1 N–H and O–H groups in total. The molecular formula is C26H22F5NO4. The topological polar surface area (TPSA) is 64.6 Å². The normalized spacial score (nSPS) is 12.0. The Morgan fingerprint density at radius 1 is 0.778 bits per heavy atom. The van der Waals surface area contributed by atoms with Gasteiger partial charge in [-0.15, -0.1) is 0 Å². The number of hydrogen-bond donors (Lipinski definition) is 1. The summed E-state index contributed by atoms with van der Waals surface area (Å²) in [5, 5.41) is 2.36. The van der Waals surface area contributed by atoms with E-state index >= 15 is 0 Å². The van der Waals surface area contributed by atoms with Crippen molar-refractivity contribution in [1.29, 1.82) is 0 Å². The number of rotatable bonds is 9. The second-order valence-electron chi connectivity index (χ2n) is 7.82. The number of alkyl carbamates (subject to hydrolysis) is 1. The van der Waals surface area contributed by atoms with Gasteiger partial charge in [-0.25, -0.2) is 18.4 Å². The van der Waals surface area contributed by atoms with Crippen molar-refractivity contribution < 1.29 is 41.0 Å². The molecule has 0 aromatic heterocycles. The SMILES string of the molecule is O=C(NC(CCc1cc(F)c(C(F)(F)F)c(F)c1)C(=O)OCc1ccccc1)OCc1ccccc1. The van der Waals surface area contributed by atoms with Crippen LogP contribution in [0.2, 0.25) is 0 Å². The number of nitrogens with one attached hydrogen (secondary N) is 1. The van der Waals surface area contributed by atoms with Crippen LogP contribution in [0.25, 0.3) is 0 Å². The Morgan fingerprint density at radius 3 is 1.78 bits per heavy atom. The minimum absolute atomic E-state index is 0.0756. The van der Waals surface area contributed by atoms with Crippen LogP contribution < -0.4 is 5.32 Å². The van der Waals surface area contributed by atoms with E-state index < -0.39 is 41.5 Å². The highest BCUT2D eigenvalue weighted by atomic mass is 19.4. The molecule has 0 spiro atoms. The predicted molar refractivity (Wildman–Crippen MR) is 119 cm³/mol. The third-order valence-corrected chi connectivity index (χ3v) is 5.12. The van der Waals surface area contributed by atoms with E-state index in [4.69, 9.17) is 9.47 Å². The quantitative estimate of drug-likeness (QED) is 0.287. The van der Waals surface area contributed by atoms with Crippen LogP contribution in [-0.2, 0) is 40.1 Å². The van der Waals surface area contributed by atoms with Crippen LogP contribution in [0, 0.1) is 11.6 Å². The van der Waals surface area contributed by atoms with Gasteiger partial charge in [0.15, 0.2) is 0 Å². The van der Waals surface area contributed by atoms with Gasteiger partial charge in [-0.3, -0.25) is 0 Å². The van der Waals surface area contributed by atoms with E-state index in [0.717, 1.165) is 0 Å². The number of benzene rings is 3. The first-order chi connectivity index (χ1) is 17.1. The van der Waals surface area contributed by atoms with Gasteiger partial charge < -0.3 is 14.8 Å². The van der Waals surface area contributed by atoms with Gasteiger partial charge in [-0.1, -0.05) is 60.7 Å². The minimum atomic E-state index is -5.19. The lowest BCUT2D eigenvalue weighted by atomic mass is 10.0. The highest BCUT2D eigenvalue weighted by Crippen LogP contribution is 2.34. The van der Waals surface area contributed by atoms with E-state index in [1.54, 1.807) is 60.7 Å². The van der Waals surface area contributed by atoms with Crippen molar-refractivity contribution in [2.75, 3.05) is 0 Å². The molecule has 3 rings (SSSR count). The summed E-state index contributed by atoms with van der Waals surface area (Å²) in [5.41, 5.74) is -0.735. The van der Waals surface area contributed by atoms with Crippen LogP contribution in [0.15, 0.2) is 72.8 Å². The van der Waals surface area contributed by atoms with E-state index in [2.05, 4.69) is 5.32 Å². The molecule has 3 aromatic rings. The molecule has 1 amide bonds. The van der Waals surface area contributed by atoms with Gasteiger partial charge in [0.2, 0.25) is 0 Å². The fraction of sp³-hybridized carbons (Fsp3) is 0.231. The number of hydrogen-bond acceptors (Lipinski definition) is 4. The molecule has 0 aliphatic carbocycles. The average molecular weight is 507 g/mol. The molecule has 0 saturated carbocycles. The van der Waals surface area contributed by atoms with Crippen molar-refractivity contribution in [2.24, 2.45) is 0 Å². The van der Waals surface area contributed by atoms with Gasteiger partial charge >= 0.3 is 18.2 Å². The summed E-state index contributed by atoms with van der Waals surface area (Å²) in [5.74, 6) is -4.38. The molecule has 0 saturated heterocycles. The molecular weight excluding hydrogens is 485 g/mol. The largest absolute Gasteiger partial charge is 0.459 e. The van der Waals surface area contributed by atoms with Crippen LogP contribution in [0.5, 0.6) is 0 Å². The number of alkyl halides is 3. The van der Waals surface area contributed by atoms with Gasteiger partial charge in [0.05, 0.1) is 0 Å². The molecule has 190 valence electrons. The zero-order valence-corrected chi connectivity index (χ0v) is 18.9. The second-order valence-corrected chi connectivity index (χ2v) is 7.82. The number of aryl methyl sites for hydroxylation is 1. The highest BCUT2D eigenvalue weighted by Gasteiger charge is 2.38. The number of carbonyl (C=O) groups is 2. The summed E-state index contributed by atoms with van der Waals surface area (Å²) in [6.45, 7) is -0.172. The molecule has 3 aromatic carbocycles. The van der Waals surface area contributed by atoms with Gasteiger partial charge in [-0.05, 0) is 41.7 Å². The smallest absolute Gasteiger partial charge is 0.422 e. The van der Waals surface area contributed by atoms with Crippen molar-refractivity contribution in [3.05, 3.63) is 107 Å². The lowest BCUT2D eigenvalue weighted by Gasteiger charge is -2.18. The van der Waals surface area contributed by atoms with Gasteiger partial charge in [0.25, 0.3) is 0 Å². The first-order valence-electron chi connectivity index (χ1n) is 10.9. The third-order valence-electron chi connectivity index (χ3n) is 5.12. The van der Waals surface area contributed by atoms with E-state index in [1.807, 2.05) is 0 Å². The minimum Gasteiger partial charge on any atom is -0.459 e. The lowest BCUT2D eigenvalue weighted by Crippen LogP contribution is -2.42. The maximum atomic E-state index is 13.9. The first kappa shape index (κ1) is 26.7. The molecule has 0 aliphatic rings. The molecule has 0 fully saturated rings. The average Bonchev–Trinajstić information content (AvgIpc) is 2.83. The van der Waals surface area contributed by atoms with Crippen LogP contribution >= 0.6 is 0 Å². The van der Waals surface area contributed by atoms with E-state index in [0.29, 0.717) is 23.3 Å². The Kier molecular flexibility index (Phi) is 8.99. The molecule has 0 radical (unpaired) electrons. The van der Waals surface area contributed by atoms with Crippen molar-refractivity contribution in [3.8, 4) is 0 Å². The predicted octanol–water partition coefficient (Wildman–Crippen LogP) is 5.95. The lowest BCUT2D eigenvalue weighted by molar-refractivity contribution is -0.147. The summed E-state index contributed by atoms with van der Waals surface area (Å²) in [4.78, 5) is 25.0. The zero-order chi connectivity index (χ0) is 26.1. The molecule has 1 atom stereocenters. The van der Waals surface area contributed by atoms with E-state index in [9.17, 15) is 31.5 Å². The Balaban J connectivity index is 1.68. The van der Waals surface area contributed by atoms with Crippen molar-refractivity contribution in [1.82, 2.24) is 5.32 Å². The molecule has 1 unspecified atom stereocenters. The summed E-state index contributed by atoms with van der Waals surface area (Å²) < 4.78 is 76.7. The number of amides is 1. The van der Waals surface area contributed by atoms with E-state index in [1.165, 1.54) is 0 Å². The maximum Gasteiger partial charge on any atom is 0.422 e. The second kappa shape index (κ2) is 12.1. The number of esters is 1. The Bertz CT molecular complexity index is 1150. The van der Waals surface area contributed by atoms with Gasteiger partial charge in [0, 0.05) is 0 Å². The monoisotopic (exact) mass is 507 g/mol. The molecule has 0 heterocycles. The van der Waals surface area contributed by atoms with Crippen molar-refractivity contribution >= 4 is 12.1 Å². The first-order valence-corrected chi connectivity index (χ1v) is 10.9. The summed E-state index contributed by atoms with van der Waals surface area (Å²) in [6.07, 6.45) is -6.57. The van der Waals surface area contributed by atoms with Crippen molar-refractivity contribution in [3.63, 3.8) is 0 Å². The number of ether oxygens (including phenoxy) is 2. The Morgan fingerprint density at radius 2 is 1.28 bits per heavy atom. The van der Waals surface area contributed by atoms with Gasteiger partial charge in [-0.2, -0.15) is 13.2 Å². The maximum absolute atomic E-state index is 13.9. The molecule has 36 heavy (non-hydrogen) atoms. The Hall–Kier alpha value is -3.95. The fourth-order valence-electron chi connectivity index (χ4n) is 3.34. The van der Waals surface area contributed by atoms with E-state index in [-0.39, 0.29) is 31.6 Å². The van der Waals surface area contributed by atoms with Crippen LogP contribution in [0.4, 0.5) is 26.7 Å². The highest BCUT2D eigenvalue weighted by molar-refractivity contribution is 5.81. The molecule has 10 heteroatoms.